The molecule has 1 amide bonds. The first-order chi connectivity index (χ1) is 9.09. The van der Waals surface area contributed by atoms with Crippen LogP contribution in [0.15, 0.2) is 29.2 Å². The predicted octanol–water partition coefficient (Wildman–Crippen LogP) is 3.79. The number of hydrogen-bond acceptors (Lipinski definition) is 2. The Kier molecular flexibility index (Phi) is 4.80. The van der Waals surface area contributed by atoms with Gasteiger partial charge in [-0.2, -0.15) is 0 Å². The highest BCUT2D eigenvalue weighted by atomic mass is 35.5. The van der Waals surface area contributed by atoms with Crippen molar-refractivity contribution in [1.29, 1.82) is 0 Å². The minimum Gasteiger partial charge on any atom is -0.350 e. The molecule has 0 saturated heterocycles. The van der Waals surface area contributed by atoms with Crippen LogP contribution in [0.3, 0.4) is 0 Å². The fourth-order valence-electron chi connectivity index (χ4n) is 2.30. The minimum atomic E-state index is -0.193. The van der Waals surface area contributed by atoms with Gasteiger partial charge in [-0.1, -0.05) is 25.1 Å². The molecule has 19 heavy (non-hydrogen) atoms. The molecule has 0 bridgehead atoms. The summed E-state index contributed by atoms with van der Waals surface area (Å²) in [7, 11) is 0. The summed E-state index contributed by atoms with van der Waals surface area (Å²) in [6.07, 6.45) is 1.70. The van der Waals surface area contributed by atoms with Crippen molar-refractivity contribution in [3.63, 3.8) is 0 Å². The van der Waals surface area contributed by atoms with Gasteiger partial charge in [0, 0.05) is 22.1 Å². The zero-order valence-electron chi connectivity index (χ0n) is 11.4. The van der Waals surface area contributed by atoms with Gasteiger partial charge in [-0.05, 0) is 31.4 Å². The molecule has 2 rings (SSSR count). The van der Waals surface area contributed by atoms with E-state index in [1.807, 2.05) is 12.1 Å². The molecule has 1 aliphatic rings. The van der Waals surface area contributed by atoms with E-state index in [0.29, 0.717) is 5.88 Å². The number of carbonyl (C=O) groups is 1. The second-order valence-electron chi connectivity index (χ2n) is 5.24. The first-order valence-electron chi connectivity index (χ1n) is 6.69. The van der Waals surface area contributed by atoms with Gasteiger partial charge in [0.15, 0.2) is 0 Å². The molecule has 0 aliphatic carbocycles. The third kappa shape index (κ3) is 3.26. The molecule has 0 radical (unpaired) electrons. The van der Waals surface area contributed by atoms with Crippen molar-refractivity contribution in [2.75, 3.05) is 11.6 Å². The van der Waals surface area contributed by atoms with Gasteiger partial charge in [0.1, 0.15) is 0 Å². The van der Waals surface area contributed by atoms with E-state index in [-0.39, 0.29) is 17.4 Å². The average molecular weight is 298 g/mol. The number of fused-ring (bicyclic) bond motifs is 1. The molecule has 2 nitrogen and oxygen atoms in total. The quantitative estimate of drug-likeness (QED) is 0.838. The fourth-order valence-corrected chi connectivity index (χ4v) is 3.95. The van der Waals surface area contributed by atoms with Gasteiger partial charge < -0.3 is 5.32 Å². The maximum Gasteiger partial charge on any atom is 0.228 e. The van der Waals surface area contributed by atoms with Gasteiger partial charge in [0.2, 0.25) is 5.91 Å². The van der Waals surface area contributed by atoms with E-state index in [1.54, 1.807) is 11.8 Å². The summed E-state index contributed by atoms with van der Waals surface area (Å²) in [5.41, 5.74) is 0.968. The Labute approximate surface area is 124 Å². The van der Waals surface area contributed by atoms with E-state index >= 15 is 0 Å². The summed E-state index contributed by atoms with van der Waals surface area (Å²) in [6.45, 7) is 4.16. The molecular formula is C15H20ClNOS. The van der Waals surface area contributed by atoms with Gasteiger partial charge in [0.25, 0.3) is 0 Å². The topological polar surface area (TPSA) is 29.1 Å². The predicted molar refractivity (Wildman–Crippen MR) is 82.1 cm³/mol. The lowest BCUT2D eigenvalue weighted by atomic mass is 9.93. The first kappa shape index (κ1) is 14.7. The van der Waals surface area contributed by atoms with Gasteiger partial charge in [-0.15, -0.1) is 23.4 Å². The molecule has 2 unspecified atom stereocenters. The Morgan fingerprint density at radius 1 is 1.53 bits per heavy atom. The zero-order valence-corrected chi connectivity index (χ0v) is 13.0. The lowest BCUT2D eigenvalue weighted by Crippen LogP contribution is -2.47. The van der Waals surface area contributed by atoms with Crippen molar-refractivity contribution in [2.24, 2.45) is 0 Å². The van der Waals surface area contributed by atoms with Crippen LogP contribution in [0.1, 0.15) is 38.2 Å². The summed E-state index contributed by atoms with van der Waals surface area (Å²) < 4.78 is 0. The highest BCUT2D eigenvalue weighted by Crippen LogP contribution is 2.39. The molecule has 1 N–H and O–H groups in total. The third-order valence-electron chi connectivity index (χ3n) is 3.87. The van der Waals surface area contributed by atoms with Crippen molar-refractivity contribution >= 4 is 29.3 Å². The van der Waals surface area contributed by atoms with E-state index in [2.05, 4.69) is 31.3 Å². The summed E-state index contributed by atoms with van der Waals surface area (Å²) in [5.74, 6) is 1.52. The van der Waals surface area contributed by atoms with Crippen LogP contribution >= 0.6 is 23.4 Å². The average Bonchev–Trinajstić information content (AvgIpc) is 2.83. The lowest BCUT2D eigenvalue weighted by Gasteiger charge is -2.30. The van der Waals surface area contributed by atoms with Crippen molar-refractivity contribution in [2.45, 2.75) is 43.0 Å². The summed E-state index contributed by atoms with van der Waals surface area (Å²) in [6, 6.07) is 8.17. The van der Waals surface area contributed by atoms with Crippen LogP contribution in [0.25, 0.3) is 0 Å². The molecule has 1 aromatic rings. The van der Waals surface area contributed by atoms with Gasteiger partial charge in [-0.3, -0.25) is 4.79 Å². The number of hydrogen-bond donors (Lipinski definition) is 1. The zero-order chi connectivity index (χ0) is 13.9. The minimum absolute atomic E-state index is 0.0256. The van der Waals surface area contributed by atoms with E-state index < -0.39 is 0 Å². The molecule has 104 valence electrons. The molecule has 1 aliphatic heterocycles. The highest BCUT2D eigenvalue weighted by molar-refractivity contribution is 7.99. The standard InChI is InChI=1S/C15H20ClNOS/c1-3-15(2,8-9-16)17-14(18)12-10-19-13-7-5-4-6-11(12)13/h4-7,12H,3,8-10H2,1-2H3,(H,17,18). The van der Waals surface area contributed by atoms with Gasteiger partial charge >= 0.3 is 0 Å². The molecule has 1 heterocycles. The van der Waals surface area contributed by atoms with Crippen LogP contribution in [0.2, 0.25) is 0 Å². The van der Waals surface area contributed by atoms with Crippen molar-refractivity contribution in [3.05, 3.63) is 29.8 Å². The Balaban J connectivity index is 2.10. The Hall–Kier alpha value is -0.670. The van der Waals surface area contributed by atoms with E-state index in [4.69, 9.17) is 11.6 Å². The van der Waals surface area contributed by atoms with Crippen LogP contribution in [0.4, 0.5) is 0 Å². The molecule has 1 aromatic carbocycles. The number of halogens is 1. The number of nitrogens with one attached hydrogen (secondary N) is 1. The van der Waals surface area contributed by atoms with Crippen molar-refractivity contribution in [1.82, 2.24) is 5.32 Å². The third-order valence-corrected chi connectivity index (χ3v) is 5.24. The van der Waals surface area contributed by atoms with Crippen molar-refractivity contribution < 1.29 is 4.79 Å². The lowest BCUT2D eigenvalue weighted by molar-refractivity contribution is -0.123. The number of carbonyl (C=O) groups excluding carboxylic acids is 1. The number of alkyl halides is 1. The van der Waals surface area contributed by atoms with Crippen LogP contribution in [0, 0.1) is 0 Å². The van der Waals surface area contributed by atoms with E-state index in [1.165, 1.54) is 4.90 Å². The SMILES string of the molecule is CCC(C)(CCCl)NC(=O)C1CSc2ccccc21. The Morgan fingerprint density at radius 3 is 2.95 bits per heavy atom. The van der Waals surface area contributed by atoms with E-state index in [9.17, 15) is 4.79 Å². The first-order valence-corrected chi connectivity index (χ1v) is 8.21. The molecule has 0 spiro atoms. The van der Waals surface area contributed by atoms with Gasteiger partial charge in [0.05, 0.1) is 5.92 Å². The summed E-state index contributed by atoms with van der Waals surface area (Å²) in [4.78, 5) is 13.7. The molecule has 0 saturated carbocycles. The van der Waals surface area contributed by atoms with Crippen LogP contribution < -0.4 is 5.32 Å². The Bertz CT molecular complexity index is 465. The summed E-state index contributed by atoms with van der Waals surface area (Å²) >= 11 is 7.60. The molecule has 0 aromatic heterocycles. The normalized spacial score (nSPS) is 20.7. The second kappa shape index (κ2) is 6.19. The monoisotopic (exact) mass is 297 g/mol. The number of rotatable bonds is 5. The Morgan fingerprint density at radius 2 is 2.26 bits per heavy atom. The maximum atomic E-state index is 12.5. The largest absolute Gasteiger partial charge is 0.350 e. The molecule has 0 fully saturated rings. The van der Waals surface area contributed by atoms with Crippen LogP contribution in [0.5, 0.6) is 0 Å². The maximum absolute atomic E-state index is 12.5. The fraction of sp³-hybridized carbons (Fsp3) is 0.533. The summed E-state index contributed by atoms with van der Waals surface area (Å²) in [5, 5.41) is 3.19. The van der Waals surface area contributed by atoms with Crippen LogP contribution in [-0.2, 0) is 4.79 Å². The van der Waals surface area contributed by atoms with Crippen molar-refractivity contribution in [3.8, 4) is 0 Å². The van der Waals surface area contributed by atoms with Crippen LogP contribution in [-0.4, -0.2) is 23.1 Å². The van der Waals surface area contributed by atoms with E-state index in [0.717, 1.165) is 24.2 Å². The highest BCUT2D eigenvalue weighted by Gasteiger charge is 2.32. The smallest absolute Gasteiger partial charge is 0.228 e. The number of amides is 1. The number of thioether (sulfide) groups is 1. The molecule has 4 heteroatoms. The molecule has 2 atom stereocenters. The number of benzene rings is 1. The second-order valence-corrected chi connectivity index (χ2v) is 6.68. The molecular weight excluding hydrogens is 278 g/mol. The van der Waals surface area contributed by atoms with Gasteiger partial charge in [-0.25, -0.2) is 0 Å².